The molecule has 4 nitrogen and oxygen atoms in total. The third-order valence-corrected chi connectivity index (χ3v) is 6.41. The van der Waals surface area contributed by atoms with Gasteiger partial charge in [-0.1, -0.05) is 41.6 Å². The second kappa shape index (κ2) is 7.78. The van der Waals surface area contributed by atoms with Crippen molar-refractivity contribution >= 4 is 45.6 Å². The van der Waals surface area contributed by atoms with Crippen molar-refractivity contribution in [1.82, 2.24) is 19.7 Å². The number of hydrogen-bond donors (Lipinski definition) is 0. The quantitative estimate of drug-likeness (QED) is 0.321. The van der Waals surface area contributed by atoms with Crippen LogP contribution < -0.4 is 0 Å². The van der Waals surface area contributed by atoms with E-state index in [1.54, 1.807) is 29.4 Å². The lowest BCUT2D eigenvalue weighted by atomic mass is 10.1. The Bertz CT molecular complexity index is 1030. The number of hydrogen-bond acceptors (Lipinski definition) is 5. The number of rotatable bonds is 6. The van der Waals surface area contributed by atoms with Crippen molar-refractivity contribution in [3.8, 4) is 0 Å². The molecule has 4 aromatic rings. The van der Waals surface area contributed by atoms with Gasteiger partial charge in [-0.25, -0.2) is 4.98 Å². The first-order chi connectivity index (χ1) is 12.7. The normalized spacial score (nSPS) is 11.3. The maximum absolute atomic E-state index is 6.40. The van der Waals surface area contributed by atoms with E-state index in [0.717, 1.165) is 34.6 Å². The third-order valence-electron chi connectivity index (χ3n) is 4.12. The van der Waals surface area contributed by atoms with E-state index in [-0.39, 0.29) is 0 Å². The van der Waals surface area contributed by atoms with Gasteiger partial charge in [-0.3, -0.25) is 0 Å². The van der Waals surface area contributed by atoms with E-state index >= 15 is 0 Å². The number of fused-ring (bicyclic) bond motifs is 1. The molecule has 0 atom stereocenters. The molecule has 0 unspecified atom stereocenters. The van der Waals surface area contributed by atoms with Crippen LogP contribution in [0.1, 0.15) is 16.0 Å². The van der Waals surface area contributed by atoms with Crippen LogP contribution in [0.4, 0.5) is 0 Å². The molecule has 0 spiro atoms. The number of benzene rings is 1. The molecule has 7 heteroatoms. The summed E-state index contributed by atoms with van der Waals surface area (Å²) in [5, 5.41) is 13.0. The zero-order valence-electron chi connectivity index (χ0n) is 14.2. The van der Waals surface area contributed by atoms with Gasteiger partial charge in [0.05, 0.1) is 5.52 Å². The van der Waals surface area contributed by atoms with Gasteiger partial charge >= 0.3 is 0 Å². The fourth-order valence-electron chi connectivity index (χ4n) is 2.74. The Labute approximate surface area is 165 Å². The number of pyridine rings is 1. The molecule has 0 aliphatic rings. The second-order valence-corrected chi connectivity index (χ2v) is 8.39. The van der Waals surface area contributed by atoms with E-state index in [9.17, 15) is 0 Å². The van der Waals surface area contributed by atoms with Gasteiger partial charge in [0, 0.05) is 28.1 Å². The van der Waals surface area contributed by atoms with E-state index in [0.29, 0.717) is 10.9 Å². The molecular formula is C19H17ClN4S2. The lowest BCUT2D eigenvalue weighted by Crippen LogP contribution is -2.01. The van der Waals surface area contributed by atoms with Crippen LogP contribution in [0.15, 0.2) is 53.3 Å². The zero-order chi connectivity index (χ0) is 17.9. The predicted molar refractivity (Wildman–Crippen MR) is 109 cm³/mol. The van der Waals surface area contributed by atoms with Crippen molar-refractivity contribution in [2.24, 2.45) is 0 Å². The second-order valence-electron chi connectivity index (χ2n) is 6.06. The van der Waals surface area contributed by atoms with Crippen LogP contribution in [0.2, 0.25) is 5.15 Å². The van der Waals surface area contributed by atoms with Crippen LogP contribution in [0.3, 0.4) is 0 Å². The van der Waals surface area contributed by atoms with Gasteiger partial charge in [0.15, 0.2) is 5.16 Å². The summed E-state index contributed by atoms with van der Waals surface area (Å²) in [5.74, 6) is 0.716. The standard InChI is InChI=1S/C19H17ClN4S2/c1-13-4-5-14-10-15(18(20)22-17(14)9-13)11-26-19-23-21-12-24(19)7-6-16-3-2-8-25-16/h2-5,8-10,12H,6-7,11H2,1H3. The van der Waals surface area contributed by atoms with Crippen molar-refractivity contribution in [3.63, 3.8) is 0 Å². The third kappa shape index (κ3) is 3.92. The monoisotopic (exact) mass is 400 g/mol. The summed E-state index contributed by atoms with van der Waals surface area (Å²) >= 11 is 9.81. The van der Waals surface area contributed by atoms with Gasteiger partial charge in [0.25, 0.3) is 0 Å². The Morgan fingerprint density at radius 2 is 2.15 bits per heavy atom. The number of aryl methyl sites for hydroxylation is 3. The summed E-state index contributed by atoms with van der Waals surface area (Å²) in [6, 6.07) is 12.6. The molecule has 0 fully saturated rings. The Kier molecular flexibility index (Phi) is 5.24. The molecule has 3 aromatic heterocycles. The van der Waals surface area contributed by atoms with Crippen LogP contribution in [-0.4, -0.2) is 19.7 Å². The summed E-state index contributed by atoms with van der Waals surface area (Å²) in [6.45, 7) is 2.93. The molecular weight excluding hydrogens is 384 g/mol. The molecule has 0 N–H and O–H groups in total. The highest BCUT2D eigenvalue weighted by atomic mass is 35.5. The van der Waals surface area contributed by atoms with Crippen molar-refractivity contribution < 1.29 is 0 Å². The van der Waals surface area contributed by atoms with Crippen molar-refractivity contribution in [1.29, 1.82) is 0 Å². The number of aromatic nitrogens is 4. The lowest BCUT2D eigenvalue weighted by molar-refractivity contribution is 0.637. The highest BCUT2D eigenvalue weighted by Gasteiger charge is 2.10. The highest BCUT2D eigenvalue weighted by Crippen LogP contribution is 2.28. The van der Waals surface area contributed by atoms with Gasteiger partial charge in [0.2, 0.25) is 0 Å². The van der Waals surface area contributed by atoms with Crippen LogP contribution >= 0.6 is 34.7 Å². The van der Waals surface area contributed by atoms with Crippen LogP contribution in [0, 0.1) is 6.92 Å². The van der Waals surface area contributed by atoms with Gasteiger partial charge in [-0.2, -0.15) is 0 Å². The Hall–Kier alpha value is -1.89. The molecule has 1 aromatic carbocycles. The fraction of sp³-hybridized carbons (Fsp3) is 0.211. The summed E-state index contributed by atoms with van der Waals surface area (Å²) in [4.78, 5) is 5.91. The van der Waals surface area contributed by atoms with Crippen LogP contribution in [-0.2, 0) is 18.7 Å². The SMILES string of the molecule is Cc1ccc2cc(CSc3nncn3CCc3cccs3)c(Cl)nc2c1. The van der Waals surface area contributed by atoms with Gasteiger partial charge in [0.1, 0.15) is 11.5 Å². The number of thioether (sulfide) groups is 1. The number of halogens is 1. The molecule has 26 heavy (non-hydrogen) atoms. The first-order valence-corrected chi connectivity index (χ1v) is 10.5. The molecule has 3 heterocycles. The molecule has 0 amide bonds. The van der Waals surface area contributed by atoms with Crippen LogP contribution in [0.5, 0.6) is 0 Å². The number of nitrogens with zero attached hydrogens (tertiary/aromatic N) is 4. The predicted octanol–water partition coefficient (Wildman–Crippen LogP) is 5.38. The van der Waals surface area contributed by atoms with E-state index in [2.05, 4.69) is 68.5 Å². The molecule has 0 saturated heterocycles. The lowest BCUT2D eigenvalue weighted by Gasteiger charge is -2.08. The highest BCUT2D eigenvalue weighted by molar-refractivity contribution is 7.98. The fourth-order valence-corrected chi connectivity index (χ4v) is 4.64. The molecule has 0 radical (unpaired) electrons. The summed E-state index contributed by atoms with van der Waals surface area (Å²) < 4.78 is 2.09. The van der Waals surface area contributed by atoms with E-state index < -0.39 is 0 Å². The first kappa shape index (κ1) is 17.5. The van der Waals surface area contributed by atoms with Gasteiger partial charge in [-0.05, 0) is 42.5 Å². The van der Waals surface area contributed by atoms with Crippen molar-refractivity contribution in [3.05, 3.63) is 69.3 Å². The minimum absolute atomic E-state index is 0.556. The van der Waals surface area contributed by atoms with E-state index in [1.807, 2.05) is 0 Å². The van der Waals surface area contributed by atoms with Crippen molar-refractivity contribution in [2.45, 2.75) is 30.8 Å². The zero-order valence-corrected chi connectivity index (χ0v) is 16.6. The van der Waals surface area contributed by atoms with Gasteiger partial charge < -0.3 is 4.57 Å². The minimum atomic E-state index is 0.556. The summed E-state index contributed by atoms with van der Waals surface area (Å²) in [7, 11) is 0. The Balaban J connectivity index is 1.47. The summed E-state index contributed by atoms with van der Waals surface area (Å²) in [5.41, 5.74) is 3.13. The first-order valence-electron chi connectivity index (χ1n) is 8.28. The maximum atomic E-state index is 6.40. The molecule has 132 valence electrons. The minimum Gasteiger partial charge on any atom is -0.308 e. The maximum Gasteiger partial charge on any atom is 0.191 e. The average molecular weight is 401 g/mol. The summed E-state index contributed by atoms with van der Waals surface area (Å²) in [6.07, 6.45) is 2.78. The molecule has 0 aliphatic carbocycles. The Morgan fingerprint density at radius 3 is 3.00 bits per heavy atom. The average Bonchev–Trinajstić information content (AvgIpc) is 3.29. The van der Waals surface area contributed by atoms with Crippen molar-refractivity contribution in [2.75, 3.05) is 0 Å². The molecule has 4 rings (SSSR count). The number of thiophene rings is 1. The molecule has 0 saturated carbocycles. The molecule has 0 aliphatic heterocycles. The molecule has 0 bridgehead atoms. The van der Waals surface area contributed by atoms with E-state index in [1.165, 1.54) is 10.4 Å². The topological polar surface area (TPSA) is 43.6 Å². The largest absolute Gasteiger partial charge is 0.308 e. The Morgan fingerprint density at radius 1 is 1.23 bits per heavy atom. The van der Waals surface area contributed by atoms with Gasteiger partial charge in [-0.15, -0.1) is 21.5 Å². The smallest absolute Gasteiger partial charge is 0.191 e. The van der Waals surface area contributed by atoms with E-state index in [4.69, 9.17) is 11.6 Å². The van der Waals surface area contributed by atoms with Crippen LogP contribution in [0.25, 0.3) is 10.9 Å².